The largest absolute Gasteiger partial charge is 0.336 e. The van der Waals surface area contributed by atoms with Crippen molar-refractivity contribution in [2.24, 2.45) is 5.14 Å². The molecule has 2 aromatic rings. The van der Waals surface area contributed by atoms with Gasteiger partial charge in [0.2, 0.25) is 10.0 Å². The highest BCUT2D eigenvalue weighted by Crippen LogP contribution is 2.24. The molecule has 1 atom stereocenters. The summed E-state index contributed by atoms with van der Waals surface area (Å²) in [5, 5.41) is 9.42. The second kappa shape index (κ2) is 5.99. The maximum Gasteiger partial charge on any atom is 0.255 e. The molecule has 0 aliphatic carbocycles. The molecule has 0 aromatic carbocycles. The molecular formula is C15H19N5O3S. The highest BCUT2D eigenvalue weighted by atomic mass is 32.2. The lowest BCUT2D eigenvalue weighted by Crippen LogP contribution is -2.30. The Morgan fingerprint density at radius 1 is 1.33 bits per heavy atom. The van der Waals surface area contributed by atoms with Crippen LogP contribution in [0.2, 0.25) is 0 Å². The maximum absolute atomic E-state index is 12.7. The Morgan fingerprint density at radius 2 is 2.08 bits per heavy atom. The number of carbonyl (C=O) groups is 1. The van der Waals surface area contributed by atoms with E-state index in [2.05, 4.69) is 10.1 Å². The Kier molecular flexibility index (Phi) is 4.14. The number of nitrogens with zero attached hydrogens (tertiary/aromatic N) is 4. The van der Waals surface area contributed by atoms with Gasteiger partial charge < -0.3 is 4.90 Å². The van der Waals surface area contributed by atoms with Crippen molar-refractivity contribution in [1.29, 1.82) is 0 Å². The van der Waals surface area contributed by atoms with Gasteiger partial charge in [0.05, 0.1) is 23.5 Å². The molecule has 128 valence electrons. The third-order valence-electron chi connectivity index (χ3n) is 4.18. The van der Waals surface area contributed by atoms with E-state index in [9.17, 15) is 13.2 Å². The number of pyridine rings is 1. The number of carbonyl (C=O) groups excluding carboxylic acids is 1. The van der Waals surface area contributed by atoms with Crippen LogP contribution < -0.4 is 5.14 Å². The Labute approximate surface area is 140 Å². The zero-order valence-electron chi connectivity index (χ0n) is 13.5. The Balaban J connectivity index is 1.83. The van der Waals surface area contributed by atoms with E-state index in [0.29, 0.717) is 18.8 Å². The van der Waals surface area contributed by atoms with Gasteiger partial charge >= 0.3 is 0 Å². The molecule has 1 saturated heterocycles. The standard InChI is InChI=1S/C15H19N5O3S/c1-10-6-18-20(8-10)12-3-4-19(9-12)15(21)14-5-13(24(16,22)23)7-17-11(14)2/h5-8,12H,3-4,9H2,1-2H3,(H2,16,22,23). The van der Waals surface area contributed by atoms with Gasteiger partial charge in [-0.3, -0.25) is 14.5 Å². The predicted octanol–water partition coefficient (Wildman–Crippen LogP) is 0.630. The molecule has 1 fully saturated rings. The summed E-state index contributed by atoms with van der Waals surface area (Å²) in [6.07, 6.45) is 5.70. The van der Waals surface area contributed by atoms with E-state index >= 15 is 0 Å². The summed E-state index contributed by atoms with van der Waals surface area (Å²) in [4.78, 5) is 18.3. The van der Waals surface area contributed by atoms with Crippen molar-refractivity contribution >= 4 is 15.9 Å². The molecule has 2 aromatic heterocycles. The Morgan fingerprint density at radius 3 is 2.71 bits per heavy atom. The van der Waals surface area contributed by atoms with Crippen molar-refractivity contribution in [2.45, 2.75) is 31.2 Å². The van der Waals surface area contributed by atoms with E-state index in [1.54, 1.807) is 18.0 Å². The fraction of sp³-hybridized carbons (Fsp3) is 0.400. The van der Waals surface area contributed by atoms with Crippen LogP contribution in [0.1, 0.15) is 34.1 Å². The number of nitrogens with two attached hydrogens (primary N) is 1. The summed E-state index contributed by atoms with van der Waals surface area (Å²) >= 11 is 0. The summed E-state index contributed by atoms with van der Waals surface area (Å²) in [5.74, 6) is -0.239. The number of amides is 1. The zero-order valence-corrected chi connectivity index (χ0v) is 14.3. The third kappa shape index (κ3) is 3.17. The van der Waals surface area contributed by atoms with E-state index in [1.807, 2.05) is 17.8 Å². The molecule has 0 radical (unpaired) electrons. The summed E-state index contributed by atoms with van der Waals surface area (Å²) in [7, 11) is -3.90. The number of hydrogen-bond acceptors (Lipinski definition) is 5. The summed E-state index contributed by atoms with van der Waals surface area (Å²) in [5.41, 5.74) is 1.81. The van der Waals surface area contributed by atoms with Gasteiger partial charge in [0.15, 0.2) is 0 Å². The highest BCUT2D eigenvalue weighted by Gasteiger charge is 2.30. The normalized spacial score (nSPS) is 18.1. The van der Waals surface area contributed by atoms with Crippen LogP contribution in [-0.4, -0.2) is 47.1 Å². The minimum Gasteiger partial charge on any atom is -0.336 e. The summed E-state index contributed by atoms with van der Waals surface area (Å²) in [6, 6.07) is 1.42. The lowest BCUT2D eigenvalue weighted by atomic mass is 10.2. The molecule has 2 N–H and O–H groups in total. The first-order valence-corrected chi connectivity index (χ1v) is 9.10. The molecule has 1 amide bonds. The molecule has 8 nitrogen and oxygen atoms in total. The highest BCUT2D eigenvalue weighted by molar-refractivity contribution is 7.89. The van der Waals surface area contributed by atoms with Crippen LogP contribution in [0.15, 0.2) is 29.6 Å². The first-order valence-electron chi connectivity index (χ1n) is 7.55. The van der Waals surface area contributed by atoms with Crippen LogP contribution in [0.4, 0.5) is 0 Å². The lowest BCUT2D eigenvalue weighted by molar-refractivity contribution is 0.0785. The lowest BCUT2D eigenvalue weighted by Gasteiger charge is -2.18. The minimum absolute atomic E-state index is 0.123. The summed E-state index contributed by atoms with van der Waals surface area (Å²) < 4.78 is 24.8. The first-order chi connectivity index (χ1) is 11.3. The fourth-order valence-corrected chi connectivity index (χ4v) is 3.31. The minimum atomic E-state index is -3.90. The van der Waals surface area contributed by atoms with Crippen molar-refractivity contribution in [3.05, 3.63) is 41.5 Å². The van der Waals surface area contributed by atoms with Crippen molar-refractivity contribution in [1.82, 2.24) is 19.7 Å². The summed E-state index contributed by atoms with van der Waals surface area (Å²) in [6.45, 7) is 4.75. The molecule has 1 unspecified atom stereocenters. The average Bonchev–Trinajstić information content (AvgIpc) is 3.14. The van der Waals surface area contributed by atoms with E-state index in [4.69, 9.17) is 5.14 Å². The first kappa shape index (κ1) is 16.6. The van der Waals surface area contributed by atoms with Crippen molar-refractivity contribution in [2.75, 3.05) is 13.1 Å². The second-order valence-corrected chi connectivity index (χ2v) is 7.60. The number of hydrogen-bond donors (Lipinski definition) is 1. The van der Waals surface area contributed by atoms with Gasteiger partial charge in [0.25, 0.3) is 5.91 Å². The van der Waals surface area contributed by atoms with Crippen molar-refractivity contribution < 1.29 is 13.2 Å². The third-order valence-corrected chi connectivity index (χ3v) is 5.06. The van der Waals surface area contributed by atoms with Crippen LogP contribution in [0.5, 0.6) is 0 Å². The van der Waals surface area contributed by atoms with Crippen LogP contribution in [-0.2, 0) is 10.0 Å². The SMILES string of the molecule is Cc1cnn(C2CCN(C(=O)c3cc(S(N)(=O)=O)cnc3C)C2)c1. The van der Waals surface area contributed by atoms with Crippen molar-refractivity contribution in [3.8, 4) is 0 Å². The predicted molar refractivity (Wildman–Crippen MR) is 86.9 cm³/mol. The molecule has 0 bridgehead atoms. The van der Waals surface area contributed by atoms with E-state index in [1.165, 1.54) is 12.3 Å². The molecule has 1 aliphatic rings. The fourth-order valence-electron chi connectivity index (χ4n) is 2.83. The van der Waals surface area contributed by atoms with Gasteiger partial charge in [-0.05, 0) is 31.9 Å². The van der Waals surface area contributed by atoms with Gasteiger partial charge in [0, 0.05) is 25.5 Å². The second-order valence-electron chi connectivity index (χ2n) is 6.04. The Hall–Kier alpha value is -2.26. The molecule has 24 heavy (non-hydrogen) atoms. The van der Waals surface area contributed by atoms with Gasteiger partial charge in [-0.2, -0.15) is 5.10 Å². The van der Waals surface area contributed by atoms with Crippen molar-refractivity contribution in [3.63, 3.8) is 0 Å². The number of rotatable bonds is 3. The van der Waals surface area contributed by atoms with Gasteiger partial charge in [-0.15, -0.1) is 0 Å². The van der Waals surface area contributed by atoms with E-state index in [-0.39, 0.29) is 22.4 Å². The Bertz CT molecular complexity index is 890. The van der Waals surface area contributed by atoms with Crippen LogP contribution >= 0.6 is 0 Å². The van der Waals surface area contributed by atoms with Crippen LogP contribution in [0, 0.1) is 13.8 Å². The van der Waals surface area contributed by atoms with E-state index < -0.39 is 10.0 Å². The van der Waals surface area contributed by atoms with Crippen LogP contribution in [0.25, 0.3) is 0 Å². The van der Waals surface area contributed by atoms with Gasteiger partial charge in [0.1, 0.15) is 4.90 Å². The van der Waals surface area contributed by atoms with Gasteiger partial charge in [-0.1, -0.05) is 0 Å². The molecule has 3 heterocycles. The quantitative estimate of drug-likeness (QED) is 0.873. The molecular weight excluding hydrogens is 330 g/mol. The maximum atomic E-state index is 12.7. The number of aromatic nitrogens is 3. The molecule has 1 aliphatic heterocycles. The van der Waals surface area contributed by atoms with E-state index in [0.717, 1.165) is 12.0 Å². The van der Waals surface area contributed by atoms with Crippen LogP contribution in [0.3, 0.4) is 0 Å². The number of sulfonamides is 1. The number of aryl methyl sites for hydroxylation is 2. The number of likely N-dealkylation sites (tertiary alicyclic amines) is 1. The number of primary sulfonamides is 1. The van der Waals surface area contributed by atoms with Gasteiger partial charge in [-0.25, -0.2) is 13.6 Å². The average molecular weight is 349 g/mol. The molecule has 3 rings (SSSR count). The zero-order chi connectivity index (χ0) is 17.5. The monoisotopic (exact) mass is 349 g/mol. The topological polar surface area (TPSA) is 111 Å². The molecule has 9 heteroatoms. The smallest absolute Gasteiger partial charge is 0.255 e. The molecule has 0 saturated carbocycles. The molecule has 0 spiro atoms.